The van der Waals surface area contributed by atoms with Crippen LogP contribution in [0.15, 0.2) is 22.8 Å². The van der Waals surface area contributed by atoms with E-state index in [1.165, 1.54) is 25.7 Å². The minimum absolute atomic E-state index is 0.515. The third-order valence-electron chi connectivity index (χ3n) is 3.54. The van der Waals surface area contributed by atoms with Gasteiger partial charge >= 0.3 is 0 Å². The van der Waals surface area contributed by atoms with E-state index < -0.39 is 0 Å². The molecule has 1 aromatic heterocycles. The lowest BCUT2D eigenvalue weighted by molar-refractivity contribution is 0.280. The first kappa shape index (κ1) is 11.7. The number of nitrogens with one attached hydrogen (secondary N) is 1. The van der Waals surface area contributed by atoms with Crippen molar-refractivity contribution in [2.75, 3.05) is 0 Å². The number of hydrogen-bond donors (Lipinski definition) is 1. The molecule has 1 aromatic rings. The van der Waals surface area contributed by atoms with E-state index in [2.05, 4.69) is 25.2 Å². The fourth-order valence-corrected chi connectivity index (χ4v) is 2.78. The maximum atomic E-state index is 5.37. The van der Waals surface area contributed by atoms with Gasteiger partial charge in [-0.25, -0.2) is 0 Å². The van der Waals surface area contributed by atoms with Gasteiger partial charge in [-0.3, -0.25) is 0 Å². The lowest BCUT2D eigenvalue weighted by Crippen LogP contribution is -2.40. The van der Waals surface area contributed by atoms with Crippen molar-refractivity contribution in [1.82, 2.24) is 5.32 Å². The summed E-state index contributed by atoms with van der Waals surface area (Å²) in [5.74, 6) is 1.98. The van der Waals surface area contributed by atoms with Crippen LogP contribution < -0.4 is 5.32 Å². The Labute approximate surface area is 98.4 Å². The molecule has 2 rings (SSSR count). The van der Waals surface area contributed by atoms with E-state index in [0.29, 0.717) is 12.1 Å². The van der Waals surface area contributed by atoms with Crippen LogP contribution in [0.5, 0.6) is 0 Å². The summed E-state index contributed by atoms with van der Waals surface area (Å²) in [6.45, 7) is 4.62. The third kappa shape index (κ3) is 3.38. The van der Waals surface area contributed by atoms with Gasteiger partial charge in [0.2, 0.25) is 0 Å². The maximum absolute atomic E-state index is 5.37. The molecule has 16 heavy (non-hydrogen) atoms. The molecule has 1 aliphatic carbocycles. The van der Waals surface area contributed by atoms with Crippen molar-refractivity contribution in [2.45, 2.75) is 58.0 Å². The Morgan fingerprint density at radius 3 is 3.06 bits per heavy atom. The Kier molecular flexibility index (Phi) is 4.05. The van der Waals surface area contributed by atoms with Gasteiger partial charge in [-0.2, -0.15) is 0 Å². The molecule has 0 aromatic carbocycles. The highest BCUT2D eigenvalue weighted by Crippen LogP contribution is 2.24. The molecule has 90 valence electrons. The van der Waals surface area contributed by atoms with Crippen LogP contribution in [0.2, 0.25) is 0 Å². The van der Waals surface area contributed by atoms with Crippen molar-refractivity contribution >= 4 is 0 Å². The van der Waals surface area contributed by atoms with Crippen LogP contribution in [-0.2, 0) is 6.42 Å². The van der Waals surface area contributed by atoms with Crippen molar-refractivity contribution in [3.05, 3.63) is 24.2 Å². The molecule has 2 nitrogen and oxygen atoms in total. The summed E-state index contributed by atoms with van der Waals surface area (Å²) in [4.78, 5) is 0. The van der Waals surface area contributed by atoms with Gasteiger partial charge in [-0.15, -0.1) is 0 Å². The van der Waals surface area contributed by atoms with Gasteiger partial charge in [-0.05, 0) is 37.8 Å². The molecule has 1 saturated carbocycles. The van der Waals surface area contributed by atoms with Gasteiger partial charge in [-0.1, -0.05) is 19.8 Å². The van der Waals surface area contributed by atoms with Gasteiger partial charge in [0.25, 0.3) is 0 Å². The van der Waals surface area contributed by atoms with E-state index in [0.717, 1.165) is 18.1 Å². The van der Waals surface area contributed by atoms with Gasteiger partial charge in [0, 0.05) is 18.5 Å². The minimum Gasteiger partial charge on any atom is -0.469 e. The Hall–Kier alpha value is -0.760. The second-order valence-electron chi connectivity index (χ2n) is 5.32. The molecule has 0 amide bonds. The standard InChI is InChI=1S/C14H23NO/c1-11-5-3-6-13(9-11)15-12(2)10-14-7-4-8-16-14/h4,7-8,11-13,15H,3,5-6,9-10H2,1-2H3. The van der Waals surface area contributed by atoms with Crippen LogP contribution >= 0.6 is 0 Å². The van der Waals surface area contributed by atoms with E-state index in [9.17, 15) is 0 Å². The molecule has 1 fully saturated rings. The molecular formula is C14H23NO. The van der Waals surface area contributed by atoms with E-state index in [-0.39, 0.29) is 0 Å². The fourth-order valence-electron chi connectivity index (χ4n) is 2.78. The molecule has 0 bridgehead atoms. The highest BCUT2D eigenvalue weighted by atomic mass is 16.3. The van der Waals surface area contributed by atoms with Crippen LogP contribution in [0.1, 0.15) is 45.3 Å². The SMILES string of the molecule is CC1CCCC(NC(C)Cc2ccco2)C1. The predicted octanol–water partition coefficient (Wildman–Crippen LogP) is 3.38. The topological polar surface area (TPSA) is 25.2 Å². The summed E-state index contributed by atoms with van der Waals surface area (Å²) < 4.78 is 5.37. The van der Waals surface area contributed by atoms with Gasteiger partial charge in [0.05, 0.1) is 6.26 Å². The summed E-state index contributed by atoms with van der Waals surface area (Å²) in [6.07, 6.45) is 8.22. The lowest BCUT2D eigenvalue weighted by atomic mass is 9.86. The molecule has 0 spiro atoms. The minimum atomic E-state index is 0.515. The molecule has 0 radical (unpaired) electrons. The molecule has 1 N–H and O–H groups in total. The van der Waals surface area contributed by atoms with E-state index in [1.54, 1.807) is 6.26 Å². The second-order valence-corrected chi connectivity index (χ2v) is 5.32. The summed E-state index contributed by atoms with van der Waals surface area (Å²) in [7, 11) is 0. The zero-order valence-electron chi connectivity index (χ0n) is 10.4. The molecule has 2 heteroatoms. The first-order chi connectivity index (χ1) is 7.74. The zero-order valence-corrected chi connectivity index (χ0v) is 10.4. The van der Waals surface area contributed by atoms with Crippen LogP contribution in [-0.4, -0.2) is 12.1 Å². The molecule has 1 heterocycles. The highest BCUT2D eigenvalue weighted by Gasteiger charge is 2.20. The molecular weight excluding hydrogens is 198 g/mol. The lowest BCUT2D eigenvalue weighted by Gasteiger charge is -2.30. The van der Waals surface area contributed by atoms with Crippen molar-refractivity contribution < 1.29 is 4.42 Å². The smallest absolute Gasteiger partial charge is 0.105 e. The molecule has 0 aliphatic heterocycles. The Bertz CT molecular complexity index is 294. The average Bonchev–Trinajstić information content (AvgIpc) is 2.70. The summed E-state index contributed by atoms with van der Waals surface area (Å²) in [5, 5.41) is 3.73. The summed E-state index contributed by atoms with van der Waals surface area (Å²) in [5.41, 5.74) is 0. The largest absolute Gasteiger partial charge is 0.469 e. The van der Waals surface area contributed by atoms with E-state index in [1.807, 2.05) is 6.07 Å². The Morgan fingerprint density at radius 1 is 1.50 bits per heavy atom. The highest BCUT2D eigenvalue weighted by molar-refractivity contribution is 5.00. The average molecular weight is 221 g/mol. The molecule has 0 saturated heterocycles. The number of rotatable bonds is 4. The number of furan rings is 1. The third-order valence-corrected chi connectivity index (χ3v) is 3.54. The van der Waals surface area contributed by atoms with Gasteiger partial charge in [0.1, 0.15) is 5.76 Å². The molecule has 1 aliphatic rings. The predicted molar refractivity (Wildman–Crippen MR) is 66.4 cm³/mol. The van der Waals surface area contributed by atoms with Crippen molar-refractivity contribution in [3.63, 3.8) is 0 Å². The quantitative estimate of drug-likeness (QED) is 0.843. The van der Waals surface area contributed by atoms with Gasteiger partial charge in [0.15, 0.2) is 0 Å². The van der Waals surface area contributed by atoms with Crippen LogP contribution in [0.25, 0.3) is 0 Å². The van der Waals surface area contributed by atoms with Crippen LogP contribution in [0.4, 0.5) is 0 Å². The van der Waals surface area contributed by atoms with Crippen LogP contribution in [0.3, 0.4) is 0 Å². The molecule has 3 unspecified atom stereocenters. The van der Waals surface area contributed by atoms with Crippen molar-refractivity contribution in [3.8, 4) is 0 Å². The number of hydrogen-bond acceptors (Lipinski definition) is 2. The summed E-state index contributed by atoms with van der Waals surface area (Å²) >= 11 is 0. The molecule has 3 atom stereocenters. The Morgan fingerprint density at radius 2 is 2.38 bits per heavy atom. The fraction of sp³-hybridized carbons (Fsp3) is 0.714. The zero-order chi connectivity index (χ0) is 11.4. The second kappa shape index (κ2) is 5.53. The van der Waals surface area contributed by atoms with Gasteiger partial charge < -0.3 is 9.73 Å². The Balaban J connectivity index is 1.76. The van der Waals surface area contributed by atoms with E-state index >= 15 is 0 Å². The maximum Gasteiger partial charge on any atom is 0.105 e. The summed E-state index contributed by atoms with van der Waals surface area (Å²) in [6, 6.07) is 5.25. The first-order valence-corrected chi connectivity index (χ1v) is 6.52. The monoisotopic (exact) mass is 221 g/mol. The normalized spacial score (nSPS) is 27.9. The first-order valence-electron chi connectivity index (χ1n) is 6.52. The van der Waals surface area contributed by atoms with Crippen molar-refractivity contribution in [2.24, 2.45) is 5.92 Å². The van der Waals surface area contributed by atoms with Crippen LogP contribution in [0, 0.1) is 5.92 Å². The van der Waals surface area contributed by atoms with E-state index in [4.69, 9.17) is 4.42 Å². The van der Waals surface area contributed by atoms with Crippen molar-refractivity contribution in [1.29, 1.82) is 0 Å².